The smallest absolute Gasteiger partial charge is 0.394 e. The molecule has 2 heterocycles. The molecule has 2 aliphatic rings. The molecule has 0 aromatic rings. The molecule has 0 spiro atoms. The molecule has 0 saturated carbocycles. The zero-order valence-corrected chi connectivity index (χ0v) is 22.5. The molecule has 0 unspecified atom stereocenters. The molecule has 0 bridgehead atoms. The van der Waals surface area contributed by atoms with Crippen LogP contribution in [0.15, 0.2) is 0 Å². The van der Waals surface area contributed by atoms with Crippen molar-refractivity contribution in [1.82, 2.24) is 5.32 Å². The van der Waals surface area contributed by atoms with Gasteiger partial charge in [0.25, 0.3) is 0 Å². The summed E-state index contributed by atoms with van der Waals surface area (Å²) in [7, 11) is -5.13. The number of carbonyl (C=O) groups is 1. The Morgan fingerprint density at radius 3 is 2.03 bits per heavy atom. The fourth-order valence-corrected chi connectivity index (χ4v) is 5.03. The minimum absolute atomic E-state index is 0.277. The Bertz CT molecular complexity index is 754. The number of rotatable bonds is 15. The number of nitrogens with one attached hydrogen (secondary N) is 1. The molecule has 2 aliphatic heterocycles. The van der Waals surface area contributed by atoms with Crippen LogP contribution in [-0.4, -0.2) is 122 Å². The van der Waals surface area contributed by atoms with Crippen LogP contribution in [0, 0.1) is 0 Å². The molecule has 16 heteroatoms. The molecule has 0 aromatic carbocycles. The summed E-state index contributed by atoms with van der Waals surface area (Å²) in [6.07, 6.45) is -8.21. The highest BCUT2D eigenvalue weighted by atomic mass is 31.2. The van der Waals surface area contributed by atoms with Gasteiger partial charge < -0.3 is 59.6 Å². The lowest BCUT2D eigenvalue weighted by atomic mass is 9.95. The molecule has 2 fully saturated rings. The minimum Gasteiger partial charge on any atom is -0.394 e. The maximum Gasteiger partial charge on any atom is 0.470 e. The molecule has 15 nitrogen and oxygen atoms in total. The number of carbonyl (C=O) groups excluding carboxylic acids is 1. The summed E-state index contributed by atoms with van der Waals surface area (Å²) in [4.78, 5) is 30.0. The molecule has 2 rings (SSSR count). The third-order valence-electron chi connectivity index (χ3n) is 6.37. The van der Waals surface area contributed by atoms with Gasteiger partial charge in [-0.15, -0.1) is 0 Å². The van der Waals surface area contributed by atoms with Gasteiger partial charge >= 0.3 is 7.82 Å². The Morgan fingerprint density at radius 1 is 0.868 bits per heavy atom. The SMILES string of the molecule is CCCCCCCCO[C@@H]1O[C@H](CO)[C@@H](O[C@@H]2O[C@H](CO)[C@H](OP(=O)(O)O)[C@H](O)[C@H]2O)[C@H](O)[C@H]1NC(C)=O. The van der Waals surface area contributed by atoms with E-state index in [1.807, 2.05) is 0 Å². The molecule has 0 aromatic heterocycles. The Morgan fingerprint density at radius 2 is 1.45 bits per heavy atom. The predicted octanol–water partition coefficient (Wildman–Crippen LogP) is -1.75. The van der Waals surface area contributed by atoms with Gasteiger partial charge in [0.1, 0.15) is 48.8 Å². The lowest BCUT2D eigenvalue weighted by molar-refractivity contribution is -0.347. The van der Waals surface area contributed by atoms with Crippen molar-refractivity contribution in [2.24, 2.45) is 0 Å². The van der Waals surface area contributed by atoms with Crippen molar-refractivity contribution in [3.63, 3.8) is 0 Å². The Labute approximate surface area is 221 Å². The Hall–Kier alpha value is -0.780. The fourth-order valence-electron chi connectivity index (χ4n) is 4.46. The summed E-state index contributed by atoms with van der Waals surface area (Å²) < 4.78 is 38.2. The summed E-state index contributed by atoms with van der Waals surface area (Å²) in [6, 6.07) is -1.13. The molecule has 8 N–H and O–H groups in total. The van der Waals surface area contributed by atoms with Crippen molar-refractivity contribution in [2.45, 2.75) is 114 Å². The maximum atomic E-state index is 11.8. The first-order valence-electron chi connectivity index (χ1n) is 12.8. The number of aliphatic hydroxyl groups is 5. The Kier molecular flexibility index (Phi) is 14.0. The molecule has 1 amide bonds. The highest BCUT2D eigenvalue weighted by Crippen LogP contribution is 2.41. The molecule has 0 radical (unpaired) electrons. The van der Waals surface area contributed by atoms with Gasteiger partial charge in [-0.1, -0.05) is 39.0 Å². The van der Waals surface area contributed by atoms with Crippen molar-refractivity contribution in [1.29, 1.82) is 0 Å². The van der Waals surface area contributed by atoms with Crippen LogP contribution in [0.5, 0.6) is 0 Å². The van der Waals surface area contributed by atoms with Crippen LogP contribution in [0.25, 0.3) is 0 Å². The fraction of sp³-hybridized carbons (Fsp3) is 0.955. The highest BCUT2D eigenvalue weighted by Gasteiger charge is 2.52. The van der Waals surface area contributed by atoms with E-state index in [1.165, 1.54) is 6.92 Å². The highest BCUT2D eigenvalue weighted by molar-refractivity contribution is 7.46. The normalized spacial score (nSPS) is 36.2. The third-order valence-corrected chi connectivity index (χ3v) is 6.89. The van der Waals surface area contributed by atoms with Gasteiger partial charge in [-0.05, 0) is 6.42 Å². The van der Waals surface area contributed by atoms with Gasteiger partial charge in [0.05, 0.1) is 13.2 Å². The monoisotopic (exact) mass is 575 g/mol. The van der Waals surface area contributed by atoms with Crippen molar-refractivity contribution in [3.8, 4) is 0 Å². The van der Waals surface area contributed by atoms with Crippen LogP contribution < -0.4 is 5.32 Å². The number of hydrogen-bond acceptors (Lipinski definition) is 12. The number of ether oxygens (including phenoxy) is 4. The van der Waals surface area contributed by atoms with Crippen LogP contribution in [-0.2, 0) is 32.8 Å². The minimum atomic E-state index is -5.13. The second-order valence-corrected chi connectivity index (χ2v) is 10.6. The molecule has 224 valence electrons. The zero-order chi connectivity index (χ0) is 28.5. The largest absolute Gasteiger partial charge is 0.470 e. The van der Waals surface area contributed by atoms with Gasteiger partial charge in [0, 0.05) is 13.5 Å². The maximum absolute atomic E-state index is 11.8. The summed E-state index contributed by atoms with van der Waals surface area (Å²) in [5, 5.41) is 54.0. The van der Waals surface area contributed by atoms with E-state index in [0.29, 0.717) is 0 Å². The van der Waals surface area contributed by atoms with Gasteiger partial charge in [-0.25, -0.2) is 4.57 Å². The van der Waals surface area contributed by atoms with E-state index in [4.69, 9.17) is 28.7 Å². The molecule has 2 saturated heterocycles. The van der Waals surface area contributed by atoms with Crippen LogP contribution in [0.1, 0.15) is 52.4 Å². The first kappa shape index (κ1) is 33.4. The van der Waals surface area contributed by atoms with E-state index in [1.54, 1.807) is 0 Å². The number of amides is 1. The van der Waals surface area contributed by atoms with E-state index in [2.05, 4.69) is 16.8 Å². The third kappa shape index (κ3) is 9.70. The van der Waals surface area contributed by atoms with Gasteiger partial charge in [0.15, 0.2) is 12.6 Å². The summed E-state index contributed by atoms with van der Waals surface area (Å²) in [6.45, 7) is 2.09. The molecular formula is C22H42NO14P. The second-order valence-electron chi connectivity index (χ2n) is 9.45. The Balaban J connectivity index is 2.10. The zero-order valence-electron chi connectivity index (χ0n) is 21.6. The molecular weight excluding hydrogens is 533 g/mol. The van der Waals surface area contributed by atoms with Crippen LogP contribution in [0.2, 0.25) is 0 Å². The van der Waals surface area contributed by atoms with Gasteiger partial charge in [-0.3, -0.25) is 9.32 Å². The number of aliphatic hydroxyl groups excluding tert-OH is 5. The van der Waals surface area contributed by atoms with Gasteiger partial charge in [0.2, 0.25) is 5.91 Å². The van der Waals surface area contributed by atoms with E-state index in [9.17, 15) is 34.9 Å². The van der Waals surface area contributed by atoms with E-state index < -0.39 is 88.3 Å². The first-order valence-corrected chi connectivity index (χ1v) is 14.3. The summed E-state index contributed by atoms with van der Waals surface area (Å²) in [5.74, 6) is -0.505. The van der Waals surface area contributed by atoms with Crippen molar-refractivity contribution in [2.75, 3.05) is 19.8 Å². The van der Waals surface area contributed by atoms with Crippen molar-refractivity contribution >= 4 is 13.7 Å². The number of phosphoric acid groups is 1. The van der Waals surface area contributed by atoms with E-state index >= 15 is 0 Å². The molecule has 0 aliphatic carbocycles. The average Bonchev–Trinajstić information content (AvgIpc) is 2.85. The van der Waals surface area contributed by atoms with Crippen molar-refractivity contribution < 1.29 is 68.2 Å². The van der Waals surface area contributed by atoms with Crippen LogP contribution in [0.3, 0.4) is 0 Å². The second kappa shape index (κ2) is 15.9. The van der Waals surface area contributed by atoms with Gasteiger partial charge in [-0.2, -0.15) is 0 Å². The van der Waals surface area contributed by atoms with Crippen molar-refractivity contribution in [3.05, 3.63) is 0 Å². The van der Waals surface area contributed by atoms with Crippen LogP contribution in [0.4, 0.5) is 0 Å². The lowest BCUT2D eigenvalue weighted by Gasteiger charge is -2.47. The number of phosphoric ester groups is 1. The number of hydrogen-bond donors (Lipinski definition) is 8. The summed E-state index contributed by atoms with van der Waals surface area (Å²) in [5.41, 5.74) is 0. The lowest BCUT2D eigenvalue weighted by Crippen LogP contribution is -2.67. The van der Waals surface area contributed by atoms with Crippen LogP contribution >= 0.6 is 7.82 Å². The average molecular weight is 576 g/mol. The quantitative estimate of drug-likeness (QED) is 0.0799. The first-order chi connectivity index (χ1) is 17.9. The predicted molar refractivity (Wildman–Crippen MR) is 128 cm³/mol. The standard InChI is InChI=1S/C22H42NO14P/c1-3-4-5-6-7-8-9-33-21-15(23-12(2)26)16(27)19(13(10-24)34-21)36-22-18(29)17(28)20(14(11-25)35-22)37-38(30,31)32/h13-22,24-25,27-29H,3-11H2,1-2H3,(H,23,26)(H2,30,31,32)/t13-,14-,15-,16-,17-,18-,19-,20+,21-,22+/m1/s1. The summed E-state index contributed by atoms with van der Waals surface area (Å²) >= 11 is 0. The van der Waals surface area contributed by atoms with E-state index in [0.717, 1.165) is 38.5 Å². The molecule has 38 heavy (non-hydrogen) atoms. The molecule has 10 atom stereocenters. The van der Waals surface area contributed by atoms with E-state index in [-0.39, 0.29) is 6.61 Å². The topological polar surface area (TPSA) is 234 Å². The number of unbranched alkanes of at least 4 members (excludes halogenated alkanes) is 5.